The fourth-order valence-corrected chi connectivity index (χ4v) is 3.13. The number of nitrogens with one attached hydrogen (secondary N) is 1. The van der Waals surface area contributed by atoms with Gasteiger partial charge in [0.25, 0.3) is 0 Å². The molecule has 1 rings (SSSR count). The summed E-state index contributed by atoms with van der Waals surface area (Å²) in [6.07, 6.45) is 0. The Hall–Kier alpha value is -1.44. The van der Waals surface area contributed by atoms with Gasteiger partial charge in [0, 0.05) is 33.1 Å². The third kappa shape index (κ3) is 6.29. The van der Waals surface area contributed by atoms with E-state index in [1.54, 1.807) is 23.1 Å². The van der Waals surface area contributed by atoms with Crippen LogP contribution in [0.3, 0.4) is 0 Å². The van der Waals surface area contributed by atoms with Gasteiger partial charge in [-0.15, -0.1) is 0 Å². The number of nitrogens with zero attached hydrogens (tertiary/aromatic N) is 2. The SMILES string of the molecule is CC(=O)N(CCNS(=O)(=O)c1ccc(C)c(C)c1)CCN(C)C. The molecule has 0 aromatic heterocycles. The van der Waals surface area contributed by atoms with Crippen LogP contribution in [-0.2, 0) is 14.8 Å². The maximum atomic E-state index is 12.3. The summed E-state index contributed by atoms with van der Waals surface area (Å²) in [4.78, 5) is 15.5. The van der Waals surface area contributed by atoms with Gasteiger partial charge in [0.2, 0.25) is 15.9 Å². The molecule has 0 aliphatic rings. The van der Waals surface area contributed by atoms with Gasteiger partial charge in [-0.05, 0) is 51.2 Å². The molecule has 0 radical (unpaired) electrons. The molecule has 1 aromatic rings. The maximum absolute atomic E-state index is 12.3. The summed E-state index contributed by atoms with van der Waals surface area (Å²) in [5.74, 6) is -0.0581. The Labute approximate surface area is 139 Å². The van der Waals surface area contributed by atoms with Crippen molar-refractivity contribution < 1.29 is 13.2 Å². The number of rotatable bonds is 8. The number of aryl methyl sites for hydroxylation is 2. The second-order valence-corrected chi connectivity index (χ2v) is 7.72. The van der Waals surface area contributed by atoms with Crippen LogP contribution < -0.4 is 4.72 Å². The Kier molecular flexibility index (Phi) is 7.18. The number of likely N-dealkylation sites (N-methyl/N-ethyl adjacent to an activating group) is 1. The van der Waals surface area contributed by atoms with E-state index in [0.29, 0.717) is 13.1 Å². The van der Waals surface area contributed by atoms with Crippen molar-refractivity contribution >= 4 is 15.9 Å². The normalized spacial score (nSPS) is 11.7. The van der Waals surface area contributed by atoms with Gasteiger partial charge in [0.05, 0.1) is 4.90 Å². The first-order valence-corrected chi connectivity index (χ1v) is 9.09. The lowest BCUT2D eigenvalue weighted by atomic mass is 10.1. The number of sulfonamides is 1. The van der Waals surface area contributed by atoms with Crippen molar-refractivity contribution in [3.8, 4) is 0 Å². The van der Waals surface area contributed by atoms with Crippen molar-refractivity contribution in [3.63, 3.8) is 0 Å². The number of carbonyl (C=O) groups is 1. The minimum Gasteiger partial charge on any atom is -0.340 e. The van der Waals surface area contributed by atoms with Crippen molar-refractivity contribution in [2.24, 2.45) is 0 Å². The molecule has 6 nitrogen and oxygen atoms in total. The Morgan fingerprint density at radius 3 is 2.26 bits per heavy atom. The quantitative estimate of drug-likeness (QED) is 0.766. The van der Waals surface area contributed by atoms with E-state index in [4.69, 9.17) is 0 Å². The number of carbonyl (C=O) groups excluding carboxylic acids is 1. The molecule has 1 amide bonds. The van der Waals surface area contributed by atoms with Gasteiger partial charge in [-0.3, -0.25) is 4.79 Å². The number of amides is 1. The van der Waals surface area contributed by atoms with Gasteiger partial charge in [0.1, 0.15) is 0 Å². The Morgan fingerprint density at radius 2 is 1.74 bits per heavy atom. The van der Waals surface area contributed by atoms with Crippen LogP contribution in [0.1, 0.15) is 18.1 Å². The van der Waals surface area contributed by atoms with E-state index in [0.717, 1.165) is 17.7 Å². The number of benzene rings is 1. The van der Waals surface area contributed by atoms with Crippen molar-refractivity contribution in [1.29, 1.82) is 0 Å². The fourth-order valence-electron chi connectivity index (χ4n) is 2.03. The predicted molar refractivity (Wildman–Crippen MR) is 91.9 cm³/mol. The van der Waals surface area contributed by atoms with Crippen molar-refractivity contribution in [2.75, 3.05) is 40.3 Å². The van der Waals surface area contributed by atoms with E-state index in [1.165, 1.54) is 6.92 Å². The topological polar surface area (TPSA) is 69.7 Å². The van der Waals surface area contributed by atoms with Crippen LogP contribution in [0.25, 0.3) is 0 Å². The summed E-state index contributed by atoms with van der Waals surface area (Å²) in [7, 11) is 0.312. The highest BCUT2D eigenvalue weighted by Crippen LogP contribution is 2.14. The van der Waals surface area contributed by atoms with Crippen LogP contribution in [0, 0.1) is 13.8 Å². The van der Waals surface area contributed by atoms with Gasteiger partial charge in [-0.1, -0.05) is 6.07 Å². The second-order valence-electron chi connectivity index (χ2n) is 5.95. The fraction of sp³-hybridized carbons (Fsp3) is 0.562. The van der Waals surface area contributed by atoms with Crippen LogP contribution in [-0.4, -0.2) is 64.4 Å². The zero-order valence-corrected chi connectivity index (χ0v) is 15.4. The van der Waals surface area contributed by atoms with E-state index >= 15 is 0 Å². The smallest absolute Gasteiger partial charge is 0.240 e. The van der Waals surface area contributed by atoms with Crippen LogP contribution in [0.15, 0.2) is 23.1 Å². The van der Waals surface area contributed by atoms with Crippen LogP contribution in [0.2, 0.25) is 0 Å². The van der Waals surface area contributed by atoms with Gasteiger partial charge >= 0.3 is 0 Å². The van der Waals surface area contributed by atoms with Crippen molar-refractivity contribution in [1.82, 2.24) is 14.5 Å². The lowest BCUT2D eigenvalue weighted by Gasteiger charge is -2.23. The third-order valence-corrected chi connectivity index (χ3v) is 5.18. The molecule has 0 aliphatic heterocycles. The Morgan fingerprint density at radius 1 is 1.09 bits per heavy atom. The highest BCUT2D eigenvalue weighted by atomic mass is 32.2. The first-order chi connectivity index (χ1) is 10.6. The molecule has 0 aliphatic carbocycles. The molecule has 0 atom stereocenters. The van der Waals surface area contributed by atoms with Crippen LogP contribution >= 0.6 is 0 Å². The van der Waals surface area contributed by atoms with Gasteiger partial charge in [-0.25, -0.2) is 13.1 Å². The molecule has 0 heterocycles. The molecule has 0 spiro atoms. The monoisotopic (exact) mass is 341 g/mol. The van der Waals surface area contributed by atoms with Crippen LogP contribution in [0.5, 0.6) is 0 Å². The molecule has 0 fully saturated rings. The Balaban J connectivity index is 2.64. The molecular weight excluding hydrogens is 314 g/mol. The van der Waals surface area contributed by atoms with Crippen LogP contribution in [0.4, 0.5) is 0 Å². The van der Waals surface area contributed by atoms with Gasteiger partial charge in [0.15, 0.2) is 0 Å². The summed E-state index contributed by atoms with van der Waals surface area (Å²) < 4.78 is 27.1. The molecule has 1 aromatic carbocycles. The molecule has 0 saturated heterocycles. The molecule has 0 saturated carbocycles. The molecular formula is C16H27N3O3S. The summed E-state index contributed by atoms with van der Waals surface area (Å²) in [5.41, 5.74) is 1.99. The lowest BCUT2D eigenvalue weighted by Crippen LogP contribution is -2.40. The van der Waals surface area contributed by atoms with Crippen molar-refractivity contribution in [3.05, 3.63) is 29.3 Å². The first kappa shape index (κ1) is 19.6. The second kappa shape index (κ2) is 8.42. The highest BCUT2D eigenvalue weighted by Gasteiger charge is 2.15. The van der Waals surface area contributed by atoms with E-state index < -0.39 is 10.0 Å². The minimum absolute atomic E-state index is 0.0581. The maximum Gasteiger partial charge on any atom is 0.240 e. The van der Waals surface area contributed by atoms with E-state index in [1.807, 2.05) is 32.8 Å². The lowest BCUT2D eigenvalue weighted by molar-refractivity contribution is -0.128. The summed E-state index contributed by atoms with van der Waals surface area (Å²) in [6.45, 7) is 7.18. The van der Waals surface area contributed by atoms with E-state index in [-0.39, 0.29) is 17.3 Å². The Bertz CT molecular complexity index is 642. The van der Waals surface area contributed by atoms with Gasteiger partial charge < -0.3 is 9.80 Å². The summed E-state index contributed by atoms with van der Waals surface area (Å²) in [6, 6.07) is 5.05. The van der Waals surface area contributed by atoms with Crippen molar-refractivity contribution in [2.45, 2.75) is 25.7 Å². The number of hydrogen-bond donors (Lipinski definition) is 1. The molecule has 7 heteroatoms. The highest BCUT2D eigenvalue weighted by molar-refractivity contribution is 7.89. The third-order valence-electron chi connectivity index (χ3n) is 3.72. The number of hydrogen-bond acceptors (Lipinski definition) is 4. The van der Waals surface area contributed by atoms with Gasteiger partial charge in [-0.2, -0.15) is 0 Å². The van der Waals surface area contributed by atoms with E-state index in [9.17, 15) is 13.2 Å². The predicted octanol–water partition coefficient (Wildman–Crippen LogP) is 0.992. The zero-order valence-electron chi connectivity index (χ0n) is 14.6. The van der Waals surface area contributed by atoms with E-state index in [2.05, 4.69) is 4.72 Å². The standard InChI is InChI=1S/C16H27N3O3S/c1-13-6-7-16(12-14(13)2)23(21,22)17-8-9-19(15(3)20)11-10-18(4)5/h6-7,12,17H,8-11H2,1-5H3. The molecule has 0 unspecified atom stereocenters. The summed E-state index contributed by atoms with van der Waals surface area (Å²) in [5, 5.41) is 0. The minimum atomic E-state index is -3.55. The molecule has 0 bridgehead atoms. The molecule has 130 valence electrons. The average Bonchev–Trinajstić information content (AvgIpc) is 2.44. The largest absolute Gasteiger partial charge is 0.340 e. The summed E-state index contributed by atoms with van der Waals surface area (Å²) >= 11 is 0. The molecule has 1 N–H and O–H groups in total. The first-order valence-electron chi connectivity index (χ1n) is 7.60. The average molecular weight is 341 g/mol. The molecule has 23 heavy (non-hydrogen) atoms. The zero-order chi connectivity index (χ0) is 17.6.